The van der Waals surface area contributed by atoms with Gasteiger partial charge in [0, 0.05) is 39.3 Å². The Hall–Kier alpha value is -2.39. The van der Waals surface area contributed by atoms with Crippen molar-refractivity contribution in [3.63, 3.8) is 0 Å². The van der Waals surface area contributed by atoms with Gasteiger partial charge in [-0.3, -0.25) is 9.59 Å². The Kier molecular flexibility index (Phi) is 20.0. The predicted molar refractivity (Wildman–Crippen MR) is 226 cm³/mol. The highest BCUT2D eigenvalue weighted by molar-refractivity contribution is 5.72. The summed E-state index contributed by atoms with van der Waals surface area (Å²) < 4.78 is 56.3. The first-order valence-electron chi connectivity index (χ1n) is 22.2. The lowest BCUT2D eigenvalue weighted by Gasteiger charge is -2.50. The summed E-state index contributed by atoms with van der Waals surface area (Å²) in [7, 11) is 9.02. The highest BCUT2D eigenvalue weighted by atomic mass is 16.7. The molecular formula is C45H76N2O15. The van der Waals surface area contributed by atoms with Gasteiger partial charge in [-0.2, -0.15) is 0 Å². The van der Waals surface area contributed by atoms with Crippen molar-refractivity contribution in [1.82, 2.24) is 9.80 Å². The summed E-state index contributed by atoms with van der Waals surface area (Å²) in [4.78, 5) is 42.7. The molecule has 0 radical (unpaired) electrons. The number of methoxy groups -OCH3 is 1. The van der Waals surface area contributed by atoms with E-state index in [2.05, 4.69) is 4.90 Å². The third kappa shape index (κ3) is 14.1. The number of hydrogen-bond donors (Lipinski definition) is 3. The molecule has 4 rings (SSSR count). The molecule has 0 amide bonds. The molecule has 0 aromatic rings. The second kappa shape index (κ2) is 23.7. The fourth-order valence-corrected chi connectivity index (χ4v) is 9.40. The van der Waals surface area contributed by atoms with Crippen LogP contribution in [-0.2, 0) is 57.0 Å². The molecule has 3 N–H and O–H groups in total. The number of esters is 2. The molecule has 0 spiro atoms. The molecule has 4 aliphatic rings. The summed E-state index contributed by atoms with van der Waals surface area (Å²) in [5.74, 6) is -2.21. The molecule has 0 bridgehead atoms. The Morgan fingerprint density at radius 1 is 0.903 bits per heavy atom. The minimum atomic E-state index is -1.49. The van der Waals surface area contributed by atoms with E-state index in [0.717, 1.165) is 12.7 Å². The van der Waals surface area contributed by atoms with Gasteiger partial charge < -0.3 is 72.5 Å². The quantitative estimate of drug-likeness (QED) is 0.191. The zero-order valence-corrected chi connectivity index (χ0v) is 38.9. The molecule has 0 aliphatic carbocycles. The molecule has 356 valence electrons. The summed E-state index contributed by atoms with van der Waals surface area (Å²) in [6.45, 7) is 12.0. The minimum Gasteiger partial charge on any atom is -0.462 e. The van der Waals surface area contributed by atoms with Crippen molar-refractivity contribution in [1.29, 1.82) is 0 Å². The smallest absolute Gasteiger partial charge is 0.309 e. The van der Waals surface area contributed by atoms with Gasteiger partial charge in [0.05, 0.1) is 48.6 Å². The van der Waals surface area contributed by atoms with E-state index in [0.29, 0.717) is 19.3 Å². The van der Waals surface area contributed by atoms with Crippen molar-refractivity contribution < 1.29 is 72.3 Å². The van der Waals surface area contributed by atoms with Gasteiger partial charge in [0.2, 0.25) is 0 Å². The van der Waals surface area contributed by atoms with Crippen molar-refractivity contribution in [2.45, 2.75) is 197 Å². The van der Waals surface area contributed by atoms with Gasteiger partial charge in [-0.15, -0.1) is 0 Å². The Bertz CT molecular complexity index is 1480. The van der Waals surface area contributed by atoms with Gasteiger partial charge in [-0.25, -0.2) is 0 Å². The lowest BCUT2D eigenvalue weighted by molar-refractivity contribution is -0.344. The van der Waals surface area contributed by atoms with Crippen LogP contribution >= 0.6 is 0 Å². The van der Waals surface area contributed by atoms with E-state index >= 15 is 0 Å². The summed E-state index contributed by atoms with van der Waals surface area (Å²) >= 11 is 0. The van der Waals surface area contributed by atoms with Crippen LogP contribution in [-0.4, -0.2) is 182 Å². The van der Waals surface area contributed by atoms with Crippen LogP contribution in [0.3, 0.4) is 0 Å². The van der Waals surface area contributed by atoms with Crippen molar-refractivity contribution in [2.75, 3.05) is 35.3 Å². The fourth-order valence-electron chi connectivity index (χ4n) is 9.40. The lowest BCUT2D eigenvalue weighted by atomic mass is 9.82. The van der Waals surface area contributed by atoms with Gasteiger partial charge in [-0.1, -0.05) is 31.2 Å². The monoisotopic (exact) mass is 885 g/mol. The molecule has 3 saturated heterocycles. The number of cyclic esters (lactones) is 1. The first-order valence-corrected chi connectivity index (χ1v) is 22.2. The molecule has 0 saturated carbocycles. The average Bonchev–Trinajstić information content (AvgIpc) is 3.16. The number of aliphatic hydroxyl groups excluding tert-OH is 2. The number of aliphatic hydroxyl groups is 3. The van der Waals surface area contributed by atoms with E-state index < -0.39 is 109 Å². The number of rotatable bonds is 12. The summed E-state index contributed by atoms with van der Waals surface area (Å²) in [5, 5.41) is 33.6. The Balaban J connectivity index is 1.73. The van der Waals surface area contributed by atoms with Gasteiger partial charge >= 0.3 is 11.9 Å². The van der Waals surface area contributed by atoms with Crippen LogP contribution in [0.15, 0.2) is 24.3 Å². The van der Waals surface area contributed by atoms with Crippen LogP contribution < -0.4 is 0 Å². The molecule has 4 heterocycles. The van der Waals surface area contributed by atoms with Gasteiger partial charge in [-0.05, 0) is 93.9 Å². The number of likely N-dealkylation sites (N-methyl/N-ethyl adjacent to an activating group) is 2. The number of carbonyl (C=O) groups excluding carboxylic acids is 3. The molecule has 62 heavy (non-hydrogen) atoms. The van der Waals surface area contributed by atoms with Crippen molar-refractivity contribution in [3.8, 4) is 0 Å². The largest absolute Gasteiger partial charge is 0.462 e. The summed E-state index contributed by atoms with van der Waals surface area (Å²) in [6, 6.07) is -0.509. The van der Waals surface area contributed by atoms with Crippen molar-refractivity contribution in [3.05, 3.63) is 24.3 Å². The predicted octanol–water partition coefficient (Wildman–Crippen LogP) is 2.90. The average molecular weight is 885 g/mol. The third-order valence-electron chi connectivity index (χ3n) is 12.7. The molecule has 1 unspecified atom stereocenters. The molecule has 17 nitrogen and oxygen atoms in total. The van der Waals surface area contributed by atoms with Gasteiger partial charge in [0.15, 0.2) is 18.9 Å². The molecule has 3 fully saturated rings. The molecule has 4 aliphatic heterocycles. The fraction of sp³-hybridized carbons (Fsp3) is 0.844. The number of carbonyl (C=O) groups is 3. The van der Waals surface area contributed by atoms with E-state index in [-0.39, 0.29) is 37.3 Å². The second-order valence-corrected chi connectivity index (χ2v) is 18.4. The number of hydrogen-bond acceptors (Lipinski definition) is 17. The van der Waals surface area contributed by atoms with Crippen LogP contribution in [0.4, 0.5) is 0 Å². The van der Waals surface area contributed by atoms with Crippen molar-refractivity contribution in [2.24, 2.45) is 11.8 Å². The van der Waals surface area contributed by atoms with Crippen LogP contribution in [0.1, 0.15) is 93.4 Å². The number of aldehydes is 1. The van der Waals surface area contributed by atoms with Crippen LogP contribution in [0.2, 0.25) is 0 Å². The van der Waals surface area contributed by atoms with Crippen LogP contribution in [0.5, 0.6) is 0 Å². The number of nitrogens with zero attached hydrogens (tertiary/aromatic N) is 2. The molecule has 0 aromatic heterocycles. The van der Waals surface area contributed by atoms with Gasteiger partial charge in [0.25, 0.3) is 0 Å². The summed E-state index contributed by atoms with van der Waals surface area (Å²) in [5.41, 5.74) is -1.49. The molecule has 17 heteroatoms. The second-order valence-electron chi connectivity index (χ2n) is 18.4. The zero-order chi connectivity index (χ0) is 46.1. The Labute approximate surface area is 368 Å². The maximum atomic E-state index is 13.4. The van der Waals surface area contributed by atoms with E-state index in [1.807, 2.05) is 52.2 Å². The highest BCUT2D eigenvalue weighted by Gasteiger charge is 2.52. The first kappa shape index (κ1) is 52.2. The van der Waals surface area contributed by atoms with E-state index in [4.69, 9.17) is 42.6 Å². The topological polar surface area (TPSA) is 201 Å². The van der Waals surface area contributed by atoms with E-state index in [9.17, 15) is 29.7 Å². The van der Waals surface area contributed by atoms with Gasteiger partial charge in [0.1, 0.15) is 42.9 Å². The minimum absolute atomic E-state index is 0.0293. The standard InChI is InChI=1S/C45H76N2O15/c1-25-22-31(20-21-48)41(62-44-39(51)38(47(10)11)40(28(4)58-44)61-37-24-45(7,53)43(52)29(5)57-37)42(54-12)34(59-30(6)49)23-35(50)55-26(2)16-14-13-15-17-33(25)60-36-19-18-32(46(8)9)27(3)56-36/h13-15,17,21,25-29,31-34,36-44,51-53H,16,18-20,22-24H2,1-12H3/b14-13+,17-15+/t25-,26-,27-,28-,29+,31+,32+,33+,34-,36?,37+,38-,39-,40-,41+,42+,43+,44+,45-/m1/s1. The van der Waals surface area contributed by atoms with Crippen LogP contribution in [0, 0.1) is 11.8 Å². The maximum absolute atomic E-state index is 13.4. The first-order chi connectivity index (χ1) is 29.2. The van der Waals surface area contributed by atoms with E-state index in [1.54, 1.807) is 39.8 Å². The Morgan fingerprint density at radius 3 is 2.19 bits per heavy atom. The third-order valence-corrected chi connectivity index (χ3v) is 12.7. The molecular weight excluding hydrogens is 808 g/mol. The molecule has 19 atom stereocenters. The Morgan fingerprint density at radius 2 is 1.60 bits per heavy atom. The van der Waals surface area contributed by atoms with Crippen molar-refractivity contribution >= 4 is 18.2 Å². The van der Waals surface area contributed by atoms with Crippen LogP contribution in [0.25, 0.3) is 0 Å². The maximum Gasteiger partial charge on any atom is 0.309 e. The molecule has 0 aromatic carbocycles. The highest BCUT2D eigenvalue weighted by Crippen LogP contribution is 2.38. The normalized spacial score (nSPS) is 44.0. The lowest BCUT2D eigenvalue weighted by Crippen LogP contribution is -2.65. The zero-order valence-electron chi connectivity index (χ0n) is 38.9. The number of allylic oxidation sites excluding steroid dienone is 2. The van der Waals surface area contributed by atoms with E-state index in [1.165, 1.54) is 21.0 Å². The summed E-state index contributed by atoms with van der Waals surface area (Å²) in [6.07, 6.45) is -1.81. The SMILES string of the molecule is CO[C@@H]1[C@@H](O[C@@H]2O[C@H](C)[C@@H](O[C@H]3C[C@@](C)(O)[C@@H](O)[C@H](C)O3)[C@H](N(C)C)[C@H]2O)[C@@H](CC=O)C[C@@H](C)[C@@H](OC2CC[C@H](N(C)C)[C@@H](C)O2)/C=C/C=C/C[C@@H](C)OC(=O)C[C@H]1OC(C)=O. The number of ether oxygens (including phenoxy) is 9.